The molecule has 0 amide bonds. The summed E-state index contributed by atoms with van der Waals surface area (Å²) < 4.78 is 0. The van der Waals surface area contributed by atoms with Crippen LogP contribution in [-0.4, -0.2) is 18.3 Å². The Kier molecular flexibility index (Phi) is 6.16. The second-order valence-electron chi connectivity index (χ2n) is 4.28. The fraction of sp³-hybridized carbons (Fsp3) is 0.538. The molecule has 0 bridgehead atoms. The van der Waals surface area contributed by atoms with Crippen molar-refractivity contribution in [2.45, 2.75) is 26.2 Å². The maximum Gasteiger partial charge on any atom is 0.0588 e. The summed E-state index contributed by atoms with van der Waals surface area (Å²) in [6.07, 6.45) is 3.05. The molecule has 4 N–H and O–H groups in total. The molecule has 0 saturated carbocycles. The van der Waals surface area contributed by atoms with Crippen molar-refractivity contribution in [1.82, 2.24) is 0 Å². The molecule has 3 nitrogen and oxygen atoms in total. The zero-order valence-corrected chi connectivity index (χ0v) is 11.0. The number of anilines is 2. The second kappa shape index (κ2) is 7.41. The van der Waals surface area contributed by atoms with Gasteiger partial charge in [-0.2, -0.15) is 0 Å². The van der Waals surface area contributed by atoms with Crippen LogP contribution in [0.2, 0.25) is 5.02 Å². The maximum atomic E-state index is 8.99. The summed E-state index contributed by atoms with van der Waals surface area (Å²) in [4.78, 5) is 0. The van der Waals surface area contributed by atoms with E-state index >= 15 is 0 Å². The fourth-order valence-corrected chi connectivity index (χ4v) is 2.05. The van der Waals surface area contributed by atoms with Crippen LogP contribution in [0.3, 0.4) is 0 Å². The minimum atomic E-state index is 0.234. The van der Waals surface area contributed by atoms with Crippen molar-refractivity contribution in [2.24, 2.45) is 5.92 Å². The van der Waals surface area contributed by atoms with Crippen LogP contribution in [0.5, 0.6) is 0 Å². The molecule has 0 aliphatic rings. The van der Waals surface area contributed by atoms with E-state index in [-0.39, 0.29) is 6.61 Å². The second-order valence-corrected chi connectivity index (χ2v) is 4.72. The lowest BCUT2D eigenvalue weighted by atomic mass is 10.00. The fourth-order valence-electron chi connectivity index (χ4n) is 1.88. The molecule has 1 aromatic rings. The van der Waals surface area contributed by atoms with Crippen molar-refractivity contribution < 1.29 is 5.11 Å². The van der Waals surface area contributed by atoms with Crippen LogP contribution in [0.15, 0.2) is 18.2 Å². The third kappa shape index (κ3) is 4.84. The van der Waals surface area contributed by atoms with Gasteiger partial charge in [0.15, 0.2) is 0 Å². The first-order valence-corrected chi connectivity index (χ1v) is 6.45. The van der Waals surface area contributed by atoms with Crippen LogP contribution in [0, 0.1) is 5.92 Å². The Hall–Kier alpha value is -0.930. The SMILES string of the molecule is CCCC(CCO)CNc1cc(Cl)ccc1N. The van der Waals surface area contributed by atoms with E-state index in [2.05, 4.69) is 12.2 Å². The first-order valence-electron chi connectivity index (χ1n) is 6.07. The van der Waals surface area contributed by atoms with Crippen molar-refractivity contribution in [2.75, 3.05) is 24.2 Å². The molecule has 0 spiro atoms. The molecular weight excluding hydrogens is 236 g/mol. The summed E-state index contributed by atoms with van der Waals surface area (Å²) in [5, 5.41) is 13.0. The van der Waals surface area contributed by atoms with E-state index < -0.39 is 0 Å². The topological polar surface area (TPSA) is 58.3 Å². The summed E-state index contributed by atoms with van der Waals surface area (Å²) in [6.45, 7) is 3.20. The molecule has 0 aliphatic heterocycles. The van der Waals surface area contributed by atoms with Gasteiger partial charge in [0.05, 0.1) is 11.4 Å². The zero-order valence-electron chi connectivity index (χ0n) is 10.2. The number of halogens is 1. The average Bonchev–Trinajstić information content (AvgIpc) is 2.30. The highest BCUT2D eigenvalue weighted by atomic mass is 35.5. The summed E-state index contributed by atoms with van der Waals surface area (Å²) >= 11 is 5.92. The highest BCUT2D eigenvalue weighted by Gasteiger charge is 2.08. The molecule has 96 valence electrons. The van der Waals surface area contributed by atoms with Gasteiger partial charge in [-0.1, -0.05) is 24.9 Å². The Morgan fingerprint density at radius 3 is 2.82 bits per heavy atom. The van der Waals surface area contributed by atoms with Gasteiger partial charge in [0.25, 0.3) is 0 Å². The van der Waals surface area contributed by atoms with Crippen LogP contribution < -0.4 is 11.1 Å². The molecule has 1 atom stereocenters. The summed E-state index contributed by atoms with van der Waals surface area (Å²) in [5.41, 5.74) is 7.43. The number of rotatable bonds is 7. The van der Waals surface area contributed by atoms with Crippen LogP contribution in [0.25, 0.3) is 0 Å². The standard InChI is InChI=1S/C13H21ClN2O/c1-2-3-10(6-7-17)9-16-13-8-11(14)4-5-12(13)15/h4-5,8,10,16-17H,2-3,6-7,9,15H2,1H3. The Labute approximate surface area is 108 Å². The van der Waals surface area contributed by atoms with Crippen molar-refractivity contribution in [3.8, 4) is 0 Å². The van der Waals surface area contributed by atoms with Crippen LogP contribution in [0.4, 0.5) is 11.4 Å². The molecule has 1 unspecified atom stereocenters. The molecule has 0 fully saturated rings. The molecule has 0 heterocycles. The maximum absolute atomic E-state index is 8.99. The molecular formula is C13H21ClN2O. The Bertz CT molecular complexity index is 338. The third-order valence-corrected chi connectivity index (χ3v) is 3.07. The number of aliphatic hydroxyl groups excluding tert-OH is 1. The molecule has 0 aliphatic carbocycles. The van der Waals surface area contributed by atoms with Crippen LogP contribution >= 0.6 is 11.6 Å². The van der Waals surface area contributed by atoms with Gasteiger partial charge < -0.3 is 16.2 Å². The summed E-state index contributed by atoms with van der Waals surface area (Å²) in [5.74, 6) is 0.475. The molecule has 0 saturated heterocycles. The number of aliphatic hydroxyl groups is 1. The lowest BCUT2D eigenvalue weighted by Gasteiger charge is -2.17. The van der Waals surface area contributed by atoms with E-state index in [9.17, 15) is 0 Å². The molecule has 1 aromatic carbocycles. The average molecular weight is 257 g/mol. The minimum Gasteiger partial charge on any atom is -0.397 e. The van der Waals surface area contributed by atoms with Gasteiger partial charge in [0, 0.05) is 18.2 Å². The minimum absolute atomic E-state index is 0.234. The third-order valence-electron chi connectivity index (χ3n) is 2.83. The zero-order chi connectivity index (χ0) is 12.7. The van der Waals surface area contributed by atoms with E-state index in [1.54, 1.807) is 12.1 Å². The number of hydrogen-bond acceptors (Lipinski definition) is 3. The van der Waals surface area contributed by atoms with E-state index in [0.717, 1.165) is 31.5 Å². The van der Waals surface area contributed by atoms with Gasteiger partial charge in [0.1, 0.15) is 0 Å². The van der Waals surface area contributed by atoms with E-state index in [1.165, 1.54) is 0 Å². The number of benzene rings is 1. The van der Waals surface area contributed by atoms with Crippen molar-refractivity contribution >= 4 is 23.0 Å². The first kappa shape index (κ1) is 14.1. The highest BCUT2D eigenvalue weighted by molar-refractivity contribution is 6.31. The highest BCUT2D eigenvalue weighted by Crippen LogP contribution is 2.23. The van der Waals surface area contributed by atoms with Crippen molar-refractivity contribution in [3.63, 3.8) is 0 Å². The smallest absolute Gasteiger partial charge is 0.0588 e. The van der Waals surface area contributed by atoms with Crippen molar-refractivity contribution in [3.05, 3.63) is 23.2 Å². The van der Waals surface area contributed by atoms with Gasteiger partial charge in [-0.25, -0.2) is 0 Å². The molecule has 0 radical (unpaired) electrons. The number of hydrogen-bond donors (Lipinski definition) is 3. The lowest BCUT2D eigenvalue weighted by Crippen LogP contribution is -2.16. The van der Waals surface area contributed by atoms with Gasteiger partial charge in [-0.3, -0.25) is 0 Å². The number of nitrogen functional groups attached to an aromatic ring is 1. The predicted molar refractivity (Wildman–Crippen MR) is 74.5 cm³/mol. The number of nitrogens with one attached hydrogen (secondary N) is 1. The molecule has 4 heteroatoms. The van der Waals surface area contributed by atoms with Gasteiger partial charge in [-0.15, -0.1) is 0 Å². The van der Waals surface area contributed by atoms with Gasteiger partial charge in [0.2, 0.25) is 0 Å². The van der Waals surface area contributed by atoms with Crippen LogP contribution in [-0.2, 0) is 0 Å². The van der Waals surface area contributed by atoms with E-state index in [4.69, 9.17) is 22.4 Å². The number of nitrogens with two attached hydrogens (primary N) is 1. The largest absolute Gasteiger partial charge is 0.397 e. The first-order chi connectivity index (χ1) is 8.17. The Morgan fingerprint density at radius 1 is 1.41 bits per heavy atom. The predicted octanol–water partition coefficient (Wildman–Crippen LogP) is 3.13. The molecule has 0 aromatic heterocycles. The Balaban J connectivity index is 2.55. The monoisotopic (exact) mass is 256 g/mol. The normalized spacial score (nSPS) is 12.4. The van der Waals surface area contributed by atoms with Gasteiger partial charge in [-0.05, 0) is 37.0 Å². The lowest BCUT2D eigenvalue weighted by molar-refractivity contribution is 0.255. The van der Waals surface area contributed by atoms with E-state index in [1.807, 2.05) is 6.07 Å². The summed E-state index contributed by atoms with van der Waals surface area (Å²) in [7, 11) is 0. The molecule has 17 heavy (non-hydrogen) atoms. The van der Waals surface area contributed by atoms with Crippen molar-refractivity contribution in [1.29, 1.82) is 0 Å². The Morgan fingerprint density at radius 2 is 2.18 bits per heavy atom. The molecule has 1 rings (SSSR count). The quantitative estimate of drug-likeness (QED) is 0.657. The van der Waals surface area contributed by atoms with E-state index in [0.29, 0.717) is 16.6 Å². The van der Waals surface area contributed by atoms with Crippen LogP contribution in [0.1, 0.15) is 26.2 Å². The summed E-state index contributed by atoms with van der Waals surface area (Å²) in [6, 6.07) is 5.41. The van der Waals surface area contributed by atoms with Gasteiger partial charge >= 0.3 is 0 Å².